The van der Waals surface area contributed by atoms with Crippen LogP contribution in [0.5, 0.6) is 0 Å². The van der Waals surface area contributed by atoms with Crippen LogP contribution in [0.4, 0.5) is 0 Å². The molecule has 0 aliphatic rings. The van der Waals surface area contributed by atoms with Crippen LogP contribution < -0.4 is 5.32 Å². The lowest BCUT2D eigenvalue weighted by molar-refractivity contribution is 0.572. The van der Waals surface area contributed by atoms with E-state index in [0.29, 0.717) is 0 Å². The molecule has 0 radical (unpaired) electrons. The Morgan fingerprint density at radius 1 is 1.10 bits per heavy atom. The van der Waals surface area contributed by atoms with Gasteiger partial charge in [0.1, 0.15) is 0 Å². The minimum Gasteiger partial charge on any atom is -0.361 e. The van der Waals surface area contributed by atoms with Crippen LogP contribution in [0.15, 0.2) is 24.4 Å². The summed E-state index contributed by atoms with van der Waals surface area (Å²) in [7, 11) is 0. The van der Waals surface area contributed by atoms with Crippen LogP contribution in [0.25, 0.3) is 10.9 Å². The molecule has 110 valence electrons. The van der Waals surface area contributed by atoms with E-state index in [9.17, 15) is 0 Å². The van der Waals surface area contributed by atoms with Crippen molar-refractivity contribution in [1.29, 1.82) is 0 Å². The van der Waals surface area contributed by atoms with Gasteiger partial charge in [-0.25, -0.2) is 0 Å². The lowest BCUT2D eigenvalue weighted by Gasteiger charge is -2.04. The zero-order valence-electron chi connectivity index (χ0n) is 12.3. The van der Waals surface area contributed by atoms with Crippen LogP contribution in [0.2, 0.25) is 5.02 Å². The first kappa shape index (κ1) is 15.4. The Balaban J connectivity index is 1.68. The third kappa shape index (κ3) is 4.53. The second-order valence-electron chi connectivity index (χ2n) is 5.45. The lowest BCUT2D eigenvalue weighted by Crippen LogP contribution is -2.14. The first-order valence-corrected chi connectivity index (χ1v) is 8.15. The largest absolute Gasteiger partial charge is 0.361 e. The van der Waals surface area contributed by atoms with Crippen molar-refractivity contribution in [3.63, 3.8) is 0 Å². The van der Waals surface area contributed by atoms with E-state index in [1.807, 2.05) is 12.1 Å². The maximum absolute atomic E-state index is 5.99. The molecule has 2 aromatic rings. The molecular weight excluding hydrogens is 268 g/mol. The highest BCUT2D eigenvalue weighted by atomic mass is 35.5. The van der Waals surface area contributed by atoms with E-state index in [1.165, 1.54) is 49.5 Å². The summed E-state index contributed by atoms with van der Waals surface area (Å²) in [5.41, 5.74) is 2.44. The number of aromatic nitrogens is 1. The number of aromatic amines is 1. The molecule has 0 saturated carbocycles. The summed E-state index contributed by atoms with van der Waals surface area (Å²) in [6.07, 6.45) is 10.2. The topological polar surface area (TPSA) is 27.8 Å². The summed E-state index contributed by atoms with van der Waals surface area (Å²) in [5.74, 6) is 0. The molecule has 0 unspecified atom stereocenters. The van der Waals surface area contributed by atoms with Crippen molar-refractivity contribution in [1.82, 2.24) is 10.3 Å². The fourth-order valence-corrected chi connectivity index (χ4v) is 2.73. The quantitative estimate of drug-likeness (QED) is 0.605. The number of rotatable bonds is 9. The third-order valence-corrected chi connectivity index (χ3v) is 3.99. The highest BCUT2D eigenvalue weighted by molar-refractivity contribution is 6.31. The molecular formula is C17H25ClN2. The van der Waals surface area contributed by atoms with Gasteiger partial charge in [0.05, 0.1) is 0 Å². The number of fused-ring (bicyclic) bond motifs is 1. The average Bonchev–Trinajstić information content (AvgIpc) is 2.84. The Morgan fingerprint density at radius 2 is 1.90 bits per heavy atom. The highest BCUT2D eigenvalue weighted by Crippen LogP contribution is 2.21. The number of hydrogen-bond acceptors (Lipinski definition) is 1. The molecule has 0 bridgehead atoms. The summed E-state index contributed by atoms with van der Waals surface area (Å²) < 4.78 is 0. The van der Waals surface area contributed by atoms with Crippen molar-refractivity contribution >= 4 is 22.5 Å². The van der Waals surface area contributed by atoms with Crippen LogP contribution in [0.1, 0.15) is 51.0 Å². The smallest absolute Gasteiger partial charge is 0.0472 e. The second-order valence-corrected chi connectivity index (χ2v) is 5.88. The van der Waals surface area contributed by atoms with Crippen LogP contribution in [-0.4, -0.2) is 11.5 Å². The van der Waals surface area contributed by atoms with E-state index in [-0.39, 0.29) is 0 Å². The van der Waals surface area contributed by atoms with Crippen LogP contribution in [0.3, 0.4) is 0 Å². The van der Waals surface area contributed by atoms with Gasteiger partial charge in [-0.2, -0.15) is 0 Å². The van der Waals surface area contributed by atoms with Gasteiger partial charge in [0.15, 0.2) is 0 Å². The summed E-state index contributed by atoms with van der Waals surface area (Å²) >= 11 is 5.99. The molecule has 1 heterocycles. The van der Waals surface area contributed by atoms with Crippen molar-refractivity contribution in [3.8, 4) is 0 Å². The number of benzene rings is 1. The maximum Gasteiger partial charge on any atom is 0.0472 e. The lowest BCUT2D eigenvalue weighted by atomic mass is 10.1. The van der Waals surface area contributed by atoms with E-state index in [4.69, 9.17) is 11.6 Å². The van der Waals surface area contributed by atoms with E-state index >= 15 is 0 Å². The molecule has 0 saturated heterocycles. The van der Waals surface area contributed by atoms with E-state index in [2.05, 4.69) is 29.5 Å². The predicted octanol–water partition coefficient (Wildman–Crippen LogP) is 5.27. The van der Waals surface area contributed by atoms with Crippen LogP contribution >= 0.6 is 11.6 Å². The minimum atomic E-state index is 0.783. The van der Waals surface area contributed by atoms with Gasteiger partial charge in [0.2, 0.25) is 0 Å². The summed E-state index contributed by atoms with van der Waals surface area (Å²) in [6.45, 7) is 4.29. The van der Waals surface area contributed by atoms with Crippen molar-refractivity contribution in [3.05, 3.63) is 35.0 Å². The SMILES string of the molecule is CCCCCCCCNCc1c[nH]c2cc(Cl)ccc12. The molecule has 0 amide bonds. The Hall–Kier alpha value is -0.990. The molecule has 2 rings (SSSR count). The van der Waals surface area contributed by atoms with Gasteiger partial charge >= 0.3 is 0 Å². The zero-order chi connectivity index (χ0) is 14.2. The van der Waals surface area contributed by atoms with Crippen molar-refractivity contribution in [2.24, 2.45) is 0 Å². The van der Waals surface area contributed by atoms with Crippen molar-refractivity contribution < 1.29 is 0 Å². The van der Waals surface area contributed by atoms with Gasteiger partial charge in [0, 0.05) is 28.7 Å². The van der Waals surface area contributed by atoms with Crippen molar-refractivity contribution in [2.75, 3.05) is 6.54 Å². The average molecular weight is 293 g/mol. The fraction of sp³-hybridized carbons (Fsp3) is 0.529. The number of unbranched alkanes of at least 4 members (excludes halogenated alkanes) is 5. The molecule has 0 aliphatic heterocycles. The van der Waals surface area contributed by atoms with Gasteiger partial charge in [-0.05, 0) is 30.7 Å². The third-order valence-electron chi connectivity index (χ3n) is 3.75. The zero-order valence-corrected chi connectivity index (χ0v) is 13.1. The molecule has 0 atom stereocenters. The second kappa shape index (κ2) is 8.33. The maximum atomic E-state index is 5.99. The van der Waals surface area contributed by atoms with Crippen LogP contribution in [-0.2, 0) is 6.54 Å². The number of H-pyrrole nitrogens is 1. The number of nitrogens with one attached hydrogen (secondary N) is 2. The Bertz CT molecular complexity index is 519. The molecule has 0 fully saturated rings. The first-order chi connectivity index (χ1) is 9.81. The van der Waals surface area contributed by atoms with E-state index < -0.39 is 0 Å². The first-order valence-electron chi connectivity index (χ1n) is 7.77. The summed E-state index contributed by atoms with van der Waals surface area (Å²) in [6, 6.07) is 6.03. The van der Waals surface area contributed by atoms with E-state index in [1.54, 1.807) is 0 Å². The molecule has 20 heavy (non-hydrogen) atoms. The Kier molecular flexibility index (Phi) is 6.41. The fourth-order valence-electron chi connectivity index (χ4n) is 2.56. The molecule has 1 aromatic heterocycles. The van der Waals surface area contributed by atoms with Gasteiger partial charge < -0.3 is 10.3 Å². The van der Waals surface area contributed by atoms with Gasteiger partial charge in [-0.15, -0.1) is 0 Å². The van der Waals surface area contributed by atoms with Crippen LogP contribution in [0, 0.1) is 0 Å². The van der Waals surface area contributed by atoms with Crippen molar-refractivity contribution in [2.45, 2.75) is 52.0 Å². The summed E-state index contributed by atoms with van der Waals surface area (Å²) in [5, 5.41) is 5.58. The molecule has 3 heteroatoms. The van der Waals surface area contributed by atoms with Gasteiger partial charge in [-0.1, -0.05) is 56.7 Å². The standard InChI is InChI=1S/C17H25ClN2/c1-2-3-4-5-6-7-10-19-12-14-13-20-17-11-15(18)8-9-16(14)17/h8-9,11,13,19-20H,2-7,10,12H2,1H3. The normalized spacial score (nSPS) is 11.3. The number of halogens is 1. The molecule has 1 aromatic carbocycles. The Morgan fingerprint density at radius 3 is 2.75 bits per heavy atom. The van der Waals surface area contributed by atoms with Gasteiger partial charge in [-0.3, -0.25) is 0 Å². The predicted molar refractivity (Wildman–Crippen MR) is 88.4 cm³/mol. The highest BCUT2D eigenvalue weighted by Gasteiger charge is 2.03. The molecule has 0 aliphatic carbocycles. The number of hydrogen-bond donors (Lipinski definition) is 2. The minimum absolute atomic E-state index is 0.783. The monoisotopic (exact) mass is 292 g/mol. The molecule has 2 N–H and O–H groups in total. The van der Waals surface area contributed by atoms with E-state index in [0.717, 1.165) is 23.6 Å². The Labute approximate surface area is 126 Å². The molecule has 2 nitrogen and oxygen atoms in total. The van der Waals surface area contributed by atoms with Gasteiger partial charge in [0.25, 0.3) is 0 Å². The molecule has 0 spiro atoms. The summed E-state index contributed by atoms with van der Waals surface area (Å²) in [4.78, 5) is 3.28.